The number of methoxy groups -OCH3 is 1. The number of rotatable bonds is 8. The predicted octanol–water partition coefficient (Wildman–Crippen LogP) is 6.39. The summed E-state index contributed by atoms with van der Waals surface area (Å²) in [5, 5.41) is 9.26. The summed E-state index contributed by atoms with van der Waals surface area (Å²) in [6, 6.07) is 8.49. The highest BCUT2D eigenvalue weighted by molar-refractivity contribution is 7.92. The maximum absolute atomic E-state index is 14.8. The van der Waals surface area contributed by atoms with E-state index in [4.69, 9.17) is 21.1 Å². The summed E-state index contributed by atoms with van der Waals surface area (Å²) >= 11 is 5.78. The zero-order chi connectivity index (χ0) is 30.3. The van der Waals surface area contributed by atoms with Crippen molar-refractivity contribution in [3.05, 3.63) is 76.8 Å². The van der Waals surface area contributed by atoms with Crippen LogP contribution in [0.4, 0.5) is 27.6 Å². The van der Waals surface area contributed by atoms with Gasteiger partial charge in [0.05, 0.1) is 39.7 Å². The van der Waals surface area contributed by atoms with Gasteiger partial charge in [-0.25, -0.2) is 17.2 Å². The van der Waals surface area contributed by atoms with E-state index in [2.05, 4.69) is 0 Å². The Kier molecular flexibility index (Phi) is 8.27. The van der Waals surface area contributed by atoms with Crippen LogP contribution in [0.25, 0.3) is 11.1 Å². The van der Waals surface area contributed by atoms with E-state index in [1.54, 1.807) is 0 Å². The fourth-order valence-electron chi connectivity index (χ4n) is 4.57. The van der Waals surface area contributed by atoms with Gasteiger partial charge in [0.25, 0.3) is 10.0 Å². The number of carboxylic acid groups (broad SMARTS) is 1. The molecule has 0 amide bonds. The number of anilines is 1. The lowest BCUT2D eigenvalue weighted by atomic mass is 9.85. The van der Waals surface area contributed by atoms with Gasteiger partial charge >= 0.3 is 12.1 Å². The molecule has 7 nitrogen and oxygen atoms in total. The molecule has 41 heavy (non-hydrogen) atoms. The standard InChI is InChI=1S/C27H23ClF5NO6S/c1-26(14-39-2,25(35)36)12-18-13-34(41(37,38)19-5-3-4-16(9-19)27(31,32)33)22-8-15(6-7-23(22)40-18)20-10-17(29)11-21(28)24(20)30/h3-11,18H,12-14H2,1-2H3,(H,35,36)/t18?,26-/m0/s1. The predicted molar refractivity (Wildman–Crippen MR) is 139 cm³/mol. The number of carboxylic acids is 1. The molecule has 3 aromatic carbocycles. The molecule has 1 aliphatic heterocycles. The van der Waals surface area contributed by atoms with Crippen LogP contribution in [0, 0.1) is 17.0 Å². The van der Waals surface area contributed by atoms with Crippen molar-refractivity contribution in [3.8, 4) is 16.9 Å². The Bertz CT molecular complexity index is 1600. The lowest BCUT2D eigenvalue weighted by Crippen LogP contribution is -2.47. The molecule has 1 N–H and O–H groups in total. The lowest BCUT2D eigenvalue weighted by Gasteiger charge is -2.38. The minimum atomic E-state index is -4.83. The number of sulfonamides is 1. The molecule has 0 bridgehead atoms. The second kappa shape index (κ2) is 11.1. The summed E-state index contributed by atoms with van der Waals surface area (Å²) in [6.07, 6.45) is -6.15. The van der Waals surface area contributed by atoms with Gasteiger partial charge in [-0.05, 0) is 55.0 Å². The number of benzene rings is 3. The second-order valence-electron chi connectivity index (χ2n) is 9.74. The highest BCUT2D eigenvalue weighted by atomic mass is 35.5. The number of carbonyl (C=O) groups is 1. The molecule has 0 spiro atoms. The first-order valence-electron chi connectivity index (χ1n) is 11.9. The Hall–Kier alpha value is -3.42. The number of ether oxygens (including phenoxy) is 2. The van der Waals surface area contributed by atoms with E-state index in [0.717, 1.165) is 28.6 Å². The van der Waals surface area contributed by atoms with Crippen molar-refractivity contribution in [2.45, 2.75) is 30.5 Å². The molecule has 1 unspecified atom stereocenters. The van der Waals surface area contributed by atoms with Crippen LogP contribution < -0.4 is 9.04 Å². The Morgan fingerprint density at radius 1 is 1.15 bits per heavy atom. The van der Waals surface area contributed by atoms with Gasteiger partial charge in [-0.1, -0.05) is 23.7 Å². The fraction of sp³-hybridized carbons (Fsp3) is 0.296. The lowest BCUT2D eigenvalue weighted by molar-refractivity contribution is -0.153. The third-order valence-corrected chi connectivity index (χ3v) is 8.65. The normalized spacial score (nSPS) is 17.0. The molecule has 4 rings (SSSR count). The first-order valence-corrected chi connectivity index (χ1v) is 13.8. The van der Waals surface area contributed by atoms with Crippen molar-refractivity contribution in [3.63, 3.8) is 0 Å². The van der Waals surface area contributed by atoms with E-state index < -0.39 is 67.3 Å². The molecule has 0 fully saturated rings. The zero-order valence-electron chi connectivity index (χ0n) is 21.5. The average Bonchev–Trinajstić information content (AvgIpc) is 2.89. The summed E-state index contributed by atoms with van der Waals surface area (Å²) in [5.74, 6) is -3.16. The molecule has 1 aliphatic rings. The molecule has 1 heterocycles. The van der Waals surface area contributed by atoms with Crippen molar-refractivity contribution in [2.24, 2.45) is 5.41 Å². The molecule has 14 heteroatoms. The maximum atomic E-state index is 14.8. The Balaban J connectivity index is 1.87. The minimum absolute atomic E-state index is 0.00343. The minimum Gasteiger partial charge on any atom is -0.486 e. The van der Waals surface area contributed by atoms with Crippen LogP contribution in [-0.4, -0.2) is 45.9 Å². The van der Waals surface area contributed by atoms with Crippen LogP contribution in [0.5, 0.6) is 5.75 Å². The van der Waals surface area contributed by atoms with E-state index >= 15 is 0 Å². The molecule has 0 radical (unpaired) electrons. The average molecular weight is 620 g/mol. The summed E-state index contributed by atoms with van der Waals surface area (Å²) in [5.41, 5.74) is -3.19. The molecule has 2 atom stereocenters. The highest BCUT2D eigenvalue weighted by Crippen LogP contribution is 2.43. The smallest absolute Gasteiger partial charge is 0.416 e. The van der Waals surface area contributed by atoms with Crippen LogP contribution in [0.2, 0.25) is 5.02 Å². The van der Waals surface area contributed by atoms with E-state index in [1.165, 1.54) is 32.2 Å². The summed E-state index contributed by atoms with van der Waals surface area (Å²) in [6.45, 7) is 0.630. The van der Waals surface area contributed by atoms with E-state index in [-0.39, 0.29) is 35.6 Å². The van der Waals surface area contributed by atoms with Gasteiger partial charge in [-0.15, -0.1) is 0 Å². The number of aliphatic carboxylic acids is 1. The van der Waals surface area contributed by atoms with E-state index in [9.17, 15) is 40.3 Å². The summed E-state index contributed by atoms with van der Waals surface area (Å²) in [4.78, 5) is 11.3. The first kappa shape index (κ1) is 30.5. The number of hydrogen-bond acceptors (Lipinski definition) is 5. The number of fused-ring (bicyclic) bond motifs is 1. The molecule has 0 aromatic heterocycles. The van der Waals surface area contributed by atoms with Gasteiger partial charge < -0.3 is 14.6 Å². The second-order valence-corrected chi connectivity index (χ2v) is 12.0. The fourth-order valence-corrected chi connectivity index (χ4v) is 6.32. The molecule has 0 saturated heterocycles. The van der Waals surface area contributed by atoms with E-state index in [1.807, 2.05) is 0 Å². The van der Waals surface area contributed by atoms with Gasteiger partial charge in [-0.3, -0.25) is 9.10 Å². The van der Waals surface area contributed by atoms with Gasteiger partial charge in [0.1, 0.15) is 23.5 Å². The van der Waals surface area contributed by atoms with Gasteiger partial charge in [0.15, 0.2) is 0 Å². The van der Waals surface area contributed by atoms with Crippen LogP contribution >= 0.6 is 11.6 Å². The van der Waals surface area contributed by atoms with E-state index in [0.29, 0.717) is 12.1 Å². The monoisotopic (exact) mass is 619 g/mol. The van der Waals surface area contributed by atoms with Gasteiger partial charge in [0, 0.05) is 19.1 Å². The first-order chi connectivity index (χ1) is 19.1. The molecule has 0 saturated carbocycles. The summed E-state index contributed by atoms with van der Waals surface area (Å²) in [7, 11) is -3.43. The van der Waals surface area contributed by atoms with Crippen molar-refractivity contribution in [1.82, 2.24) is 0 Å². The third-order valence-electron chi connectivity index (χ3n) is 6.60. The Morgan fingerprint density at radius 2 is 1.85 bits per heavy atom. The maximum Gasteiger partial charge on any atom is 0.416 e. The van der Waals surface area contributed by atoms with Gasteiger partial charge in [0.2, 0.25) is 0 Å². The highest BCUT2D eigenvalue weighted by Gasteiger charge is 2.42. The summed E-state index contributed by atoms with van der Waals surface area (Å²) < 4.78 is 108. The SMILES string of the molecule is COC[C@](C)(CC1CN(S(=O)(=O)c2cccc(C(F)(F)F)c2)c2cc(-c3cc(F)cc(Cl)c3F)ccc2O1)C(=O)O. The molecule has 220 valence electrons. The molecule has 0 aliphatic carbocycles. The zero-order valence-corrected chi connectivity index (χ0v) is 23.1. The van der Waals surface area contributed by atoms with Crippen molar-refractivity contribution >= 4 is 33.3 Å². The third kappa shape index (κ3) is 6.11. The van der Waals surface area contributed by atoms with Crippen molar-refractivity contribution in [1.29, 1.82) is 0 Å². The van der Waals surface area contributed by atoms with Crippen molar-refractivity contribution < 1.29 is 49.7 Å². The van der Waals surface area contributed by atoms with Crippen LogP contribution in [0.3, 0.4) is 0 Å². The Morgan fingerprint density at radius 3 is 2.49 bits per heavy atom. The molecular weight excluding hydrogens is 597 g/mol. The number of halogens is 6. The van der Waals surface area contributed by atoms with Gasteiger partial charge in [-0.2, -0.15) is 13.2 Å². The topological polar surface area (TPSA) is 93.1 Å². The number of hydrogen-bond donors (Lipinski definition) is 1. The van der Waals surface area contributed by atoms with Crippen LogP contribution in [0.15, 0.2) is 59.5 Å². The Labute approximate surface area is 237 Å². The van der Waals surface area contributed by atoms with Crippen LogP contribution in [-0.2, 0) is 25.7 Å². The number of nitrogens with zero attached hydrogens (tertiary/aromatic N) is 1. The van der Waals surface area contributed by atoms with Crippen molar-refractivity contribution in [2.75, 3.05) is 24.6 Å². The molecular formula is C27H23ClF5NO6S. The van der Waals surface area contributed by atoms with Crippen LogP contribution in [0.1, 0.15) is 18.9 Å². The largest absolute Gasteiger partial charge is 0.486 e. The number of alkyl halides is 3. The molecule has 3 aromatic rings. The quantitative estimate of drug-likeness (QED) is 0.232.